The van der Waals surface area contributed by atoms with Gasteiger partial charge in [0.15, 0.2) is 19.1 Å². The lowest BCUT2D eigenvalue weighted by Gasteiger charge is -2.15. The number of fused-ring (bicyclic) bond motifs is 2. The third-order valence-corrected chi connectivity index (χ3v) is 5.03. The molecule has 0 saturated heterocycles. The molecule has 170 valence electrons. The molecule has 0 atom stereocenters. The molecule has 1 aliphatic rings. The van der Waals surface area contributed by atoms with Crippen LogP contribution in [0.3, 0.4) is 0 Å². The van der Waals surface area contributed by atoms with Crippen LogP contribution in [0, 0.1) is 5.82 Å². The molecular formula is C23H19FN2O7. The van der Waals surface area contributed by atoms with Crippen LogP contribution < -0.4 is 9.47 Å². The van der Waals surface area contributed by atoms with E-state index in [2.05, 4.69) is 9.72 Å². The first-order valence-electron chi connectivity index (χ1n) is 9.83. The zero-order valence-corrected chi connectivity index (χ0v) is 17.8. The first-order chi connectivity index (χ1) is 16.0. The number of carbonyl (C=O) groups is 3. The predicted octanol–water partition coefficient (Wildman–Crippen LogP) is 2.70. The third kappa shape index (κ3) is 4.08. The van der Waals surface area contributed by atoms with Crippen molar-refractivity contribution in [3.05, 3.63) is 65.1 Å². The Balaban J connectivity index is 1.87. The maximum Gasteiger partial charge on any atom is 0.343 e. The van der Waals surface area contributed by atoms with E-state index in [4.69, 9.17) is 14.2 Å². The monoisotopic (exact) mass is 454 g/mol. The fourth-order valence-corrected chi connectivity index (χ4v) is 3.53. The zero-order chi connectivity index (χ0) is 23.5. The molecule has 0 radical (unpaired) electrons. The van der Waals surface area contributed by atoms with Crippen LogP contribution in [0.15, 0.2) is 42.6 Å². The van der Waals surface area contributed by atoms with Crippen molar-refractivity contribution in [2.24, 2.45) is 0 Å². The summed E-state index contributed by atoms with van der Waals surface area (Å²) in [5.41, 5.74) is 0.700. The lowest BCUT2D eigenvalue weighted by molar-refractivity contribution is -0.142. The fourth-order valence-electron chi connectivity index (χ4n) is 3.53. The Labute approximate surface area is 187 Å². The molecule has 33 heavy (non-hydrogen) atoms. The Bertz CT molecular complexity index is 1240. The summed E-state index contributed by atoms with van der Waals surface area (Å²) in [5, 5.41) is 0.371. The molecule has 3 aromatic rings. The van der Waals surface area contributed by atoms with E-state index in [1.165, 1.54) is 44.7 Å². The quantitative estimate of drug-likeness (QED) is 0.291. The minimum Gasteiger partial charge on any atom is -0.480 e. The normalized spacial score (nSPS) is 12.8. The summed E-state index contributed by atoms with van der Waals surface area (Å²) in [7, 11) is 2.62. The highest BCUT2D eigenvalue weighted by Gasteiger charge is 2.43. The van der Waals surface area contributed by atoms with E-state index in [1.807, 2.05) is 0 Å². The summed E-state index contributed by atoms with van der Waals surface area (Å²) in [5.74, 6) is -2.31. The highest BCUT2D eigenvalue weighted by molar-refractivity contribution is 6.27. The molecule has 10 heteroatoms. The number of carbonyl (C=O) groups excluding carboxylic acids is 3. The largest absolute Gasteiger partial charge is 0.480 e. The number of nitrogens with zero attached hydrogens (tertiary/aromatic N) is 2. The predicted molar refractivity (Wildman–Crippen MR) is 112 cm³/mol. The average Bonchev–Trinajstić information content (AvgIpc) is 3.07. The lowest BCUT2D eigenvalue weighted by atomic mass is 10.0. The topological polar surface area (TPSA) is 104 Å². The van der Waals surface area contributed by atoms with Crippen LogP contribution in [0.1, 0.15) is 26.3 Å². The Morgan fingerprint density at radius 3 is 2.36 bits per heavy atom. The highest BCUT2D eigenvalue weighted by atomic mass is 19.1. The molecule has 2 heterocycles. The zero-order valence-electron chi connectivity index (χ0n) is 17.8. The van der Waals surface area contributed by atoms with Gasteiger partial charge in [-0.15, -0.1) is 0 Å². The van der Waals surface area contributed by atoms with Gasteiger partial charge in [0.05, 0.1) is 19.2 Å². The standard InChI is InChI=1S/C23H19FN2O7/c1-30-12-33-21-18-17(20(32-11-16(27)31-2)15-4-3-9-25-19(15)21)22(28)26(23(18)29)10-13-5-7-14(24)8-6-13/h3-9H,10-12H2,1-2H3. The van der Waals surface area contributed by atoms with E-state index in [0.29, 0.717) is 10.9 Å². The van der Waals surface area contributed by atoms with E-state index >= 15 is 0 Å². The van der Waals surface area contributed by atoms with Crippen molar-refractivity contribution in [3.8, 4) is 11.5 Å². The second kappa shape index (κ2) is 9.21. The van der Waals surface area contributed by atoms with Crippen molar-refractivity contribution < 1.29 is 37.7 Å². The molecule has 0 fully saturated rings. The molecule has 0 spiro atoms. The van der Waals surface area contributed by atoms with Crippen LogP contribution in [0.25, 0.3) is 10.9 Å². The third-order valence-electron chi connectivity index (χ3n) is 5.03. The van der Waals surface area contributed by atoms with Gasteiger partial charge in [0.2, 0.25) is 0 Å². The Morgan fingerprint density at radius 1 is 1.00 bits per heavy atom. The van der Waals surface area contributed by atoms with Gasteiger partial charge >= 0.3 is 5.97 Å². The number of halogens is 1. The highest BCUT2D eigenvalue weighted by Crippen LogP contribution is 2.44. The van der Waals surface area contributed by atoms with E-state index in [1.54, 1.807) is 12.1 Å². The smallest absolute Gasteiger partial charge is 0.343 e. The number of aromatic nitrogens is 1. The maximum absolute atomic E-state index is 13.4. The number of imide groups is 1. The minimum absolute atomic E-state index is 0.0169. The molecule has 9 nitrogen and oxygen atoms in total. The second-order valence-corrected chi connectivity index (χ2v) is 7.05. The summed E-state index contributed by atoms with van der Waals surface area (Å²) in [4.78, 5) is 43.8. The van der Waals surface area contributed by atoms with Gasteiger partial charge in [-0.1, -0.05) is 12.1 Å². The van der Waals surface area contributed by atoms with Crippen LogP contribution in [-0.4, -0.2) is 55.3 Å². The first kappa shape index (κ1) is 22.2. The molecular weight excluding hydrogens is 435 g/mol. The lowest BCUT2D eigenvalue weighted by Crippen LogP contribution is -2.29. The van der Waals surface area contributed by atoms with Crippen LogP contribution >= 0.6 is 0 Å². The minimum atomic E-state index is -0.666. The maximum atomic E-state index is 13.4. The number of benzene rings is 2. The van der Waals surface area contributed by atoms with Crippen molar-refractivity contribution in [2.45, 2.75) is 6.54 Å². The Kier molecular flexibility index (Phi) is 6.18. The molecule has 2 aromatic carbocycles. The van der Waals surface area contributed by atoms with Gasteiger partial charge < -0.3 is 18.9 Å². The molecule has 0 bridgehead atoms. The van der Waals surface area contributed by atoms with Gasteiger partial charge in [0.25, 0.3) is 11.8 Å². The van der Waals surface area contributed by atoms with Crippen molar-refractivity contribution in [1.29, 1.82) is 0 Å². The molecule has 0 unspecified atom stereocenters. The first-order valence-corrected chi connectivity index (χ1v) is 9.83. The van der Waals surface area contributed by atoms with Crippen LogP contribution in [0.4, 0.5) is 4.39 Å². The van der Waals surface area contributed by atoms with E-state index in [9.17, 15) is 18.8 Å². The van der Waals surface area contributed by atoms with E-state index in [0.717, 1.165) is 4.90 Å². The van der Waals surface area contributed by atoms with E-state index in [-0.39, 0.29) is 41.5 Å². The average molecular weight is 454 g/mol. The molecule has 0 aliphatic carbocycles. The van der Waals surface area contributed by atoms with Gasteiger partial charge in [0, 0.05) is 18.7 Å². The summed E-state index contributed by atoms with van der Waals surface area (Å²) < 4.78 is 34.2. The Morgan fingerprint density at radius 2 is 1.70 bits per heavy atom. The summed E-state index contributed by atoms with van der Waals surface area (Å²) in [6, 6.07) is 8.70. The molecule has 1 aliphatic heterocycles. The fraction of sp³-hybridized carbons (Fsp3) is 0.217. The van der Waals surface area contributed by atoms with Gasteiger partial charge in [-0.2, -0.15) is 0 Å². The molecule has 4 rings (SSSR count). The number of esters is 1. The van der Waals surface area contributed by atoms with E-state index < -0.39 is 30.2 Å². The van der Waals surface area contributed by atoms with Crippen molar-refractivity contribution in [1.82, 2.24) is 9.88 Å². The van der Waals surface area contributed by atoms with Gasteiger partial charge in [-0.05, 0) is 29.8 Å². The second-order valence-electron chi connectivity index (χ2n) is 7.05. The van der Waals surface area contributed by atoms with Gasteiger partial charge in [-0.3, -0.25) is 19.5 Å². The number of pyridine rings is 1. The summed E-state index contributed by atoms with van der Waals surface area (Å²) in [6.07, 6.45) is 1.50. The molecule has 0 N–H and O–H groups in total. The van der Waals surface area contributed by atoms with Crippen LogP contribution in [-0.2, 0) is 20.8 Å². The van der Waals surface area contributed by atoms with Crippen LogP contribution in [0.5, 0.6) is 11.5 Å². The van der Waals surface area contributed by atoms with Crippen molar-refractivity contribution in [2.75, 3.05) is 27.6 Å². The number of rotatable bonds is 8. The van der Waals surface area contributed by atoms with Crippen molar-refractivity contribution >= 4 is 28.7 Å². The van der Waals surface area contributed by atoms with Crippen LogP contribution in [0.2, 0.25) is 0 Å². The van der Waals surface area contributed by atoms with Crippen molar-refractivity contribution in [3.63, 3.8) is 0 Å². The molecule has 2 amide bonds. The van der Waals surface area contributed by atoms with Gasteiger partial charge in [0.1, 0.15) is 22.6 Å². The number of methoxy groups -OCH3 is 2. The SMILES string of the molecule is COCOc1c2c(c(OCC(=O)OC)c3cccnc13)C(=O)N(Cc1ccc(F)cc1)C2=O. The number of hydrogen-bond donors (Lipinski definition) is 0. The number of ether oxygens (including phenoxy) is 4. The number of hydrogen-bond acceptors (Lipinski definition) is 8. The van der Waals surface area contributed by atoms with Gasteiger partial charge in [-0.25, -0.2) is 9.18 Å². The summed E-state index contributed by atoms with van der Waals surface area (Å²) in [6.45, 7) is -0.777. The summed E-state index contributed by atoms with van der Waals surface area (Å²) >= 11 is 0. The molecule has 1 aromatic heterocycles. The Hall–Kier alpha value is -4.05. The molecule has 0 saturated carbocycles. The number of amides is 2.